The first-order chi connectivity index (χ1) is 7.63. The van der Waals surface area contributed by atoms with Gasteiger partial charge >= 0.3 is 0 Å². The molecule has 0 bridgehead atoms. The molecule has 2 rings (SSSR count). The number of aromatic nitrogens is 2. The molecule has 0 aromatic carbocycles. The standard InChI is InChI=1S/C10H13BrN4S/c1-6-7(3-15(2)14-6)10(13-12)8-4-16-5-9(8)11/h3-5,10,13H,12H2,1-2H3. The van der Waals surface area contributed by atoms with Crippen molar-refractivity contribution in [3.63, 3.8) is 0 Å². The number of rotatable bonds is 3. The maximum absolute atomic E-state index is 5.64. The topological polar surface area (TPSA) is 55.9 Å². The molecular weight excluding hydrogens is 288 g/mol. The summed E-state index contributed by atoms with van der Waals surface area (Å²) in [5.74, 6) is 5.64. The van der Waals surface area contributed by atoms with Gasteiger partial charge in [-0.05, 0) is 33.8 Å². The van der Waals surface area contributed by atoms with E-state index in [0.717, 1.165) is 21.3 Å². The lowest BCUT2D eigenvalue weighted by molar-refractivity contribution is 0.633. The second-order valence-electron chi connectivity index (χ2n) is 3.62. The Hall–Kier alpha value is -0.690. The fourth-order valence-corrected chi connectivity index (χ4v) is 3.30. The Morgan fingerprint density at radius 1 is 1.50 bits per heavy atom. The highest BCUT2D eigenvalue weighted by molar-refractivity contribution is 9.10. The molecule has 0 saturated carbocycles. The van der Waals surface area contributed by atoms with Crippen molar-refractivity contribution in [2.24, 2.45) is 12.9 Å². The Morgan fingerprint density at radius 3 is 2.69 bits per heavy atom. The minimum Gasteiger partial charge on any atom is -0.275 e. The number of hydrogen-bond acceptors (Lipinski definition) is 4. The Kier molecular flexibility index (Phi) is 3.44. The largest absolute Gasteiger partial charge is 0.275 e. The molecule has 0 spiro atoms. The van der Waals surface area contributed by atoms with Gasteiger partial charge in [0.2, 0.25) is 0 Å². The SMILES string of the molecule is Cc1nn(C)cc1C(NN)c1cscc1Br. The van der Waals surface area contributed by atoms with Gasteiger partial charge in [0.15, 0.2) is 0 Å². The van der Waals surface area contributed by atoms with Crippen LogP contribution in [0.25, 0.3) is 0 Å². The molecule has 2 aromatic rings. The van der Waals surface area contributed by atoms with E-state index in [4.69, 9.17) is 5.84 Å². The Morgan fingerprint density at radius 2 is 2.25 bits per heavy atom. The maximum atomic E-state index is 5.64. The Bertz CT molecular complexity index is 491. The van der Waals surface area contributed by atoms with E-state index in [9.17, 15) is 0 Å². The summed E-state index contributed by atoms with van der Waals surface area (Å²) in [6.45, 7) is 1.99. The summed E-state index contributed by atoms with van der Waals surface area (Å²) in [5, 5.41) is 8.46. The second kappa shape index (κ2) is 4.67. The molecule has 16 heavy (non-hydrogen) atoms. The van der Waals surface area contributed by atoms with Crippen LogP contribution in [0.1, 0.15) is 22.9 Å². The van der Waals surface area contributed by atoms with E-state index in [2.05, 4.69) is 31.8 Å². The lowest BCUT2D eigenvalue weighted by Gasteiger charge is -2.14. The van der Waals surface area contributed by atoms with E-state index in [0.29, 0.717) is 0 Å². The van der Waals surface area contributed by atoms with E-state index >= 15 is 0 Å². The zero-order valence-corrected chi connectivity index (χ0v) is 11.5. The highest BCUT2D eigenvalue weighted by Crippen LogP contribution is 2.31. The third kappa shape index (κ3) is 2.06. The third-order valence-electron chi connectivity index (χ3n) is 2.48. The van der Waals surface area contributed by atoms with Crippen LogP contribution in [0.4, 0.5) is 0 Å². The van der Waals surface area contributed by atoms with E-state index < -0.39 is 0 Å². The van der Waals surface area contributed by atoms with Gasteiger partial charge in [0.1, 0.15) is 0 Å². The first-order valence-corrected chi connectivity index (χ1v) is 6.55. The summed E-state index contributed by atoms with van der Waals surface area (Å²) in [7, 11) is 1.91. The highest BCUT2D eigenvalue weighted by Gasteiger charge is 2.19. The molecule has 4 nitrogen and oxygen atoms in total. The fourth-order valence-electron chi connectivity index (χ4n) is 1.75. The van der Waals surface area contributed by atoms with E-state index in [1.54, 1.807) is 16.0 Å². The van der Waals surface area contributed by atoms with Gasteiger partial charge < -0.3 is 0 Å². The van der Waals surface area contributed by atoms with Crippen LogP contribution in [0, 0.1) is 6.92 Å². The van der Waals surface area contributed by atoms with Gasteiger partial charge in [-0.15, -0.1) is 0 Å². The van der Waals surface area contributed by atoms with Gasteiger partial charge in [0.25, 0.3) is 0 Å². The summed E-state index contributed by atoms with van der Waals surface area (Å²) in [6, 6.07) is -0.0191. The summed E-state index contributed by atoms with van der Waals surface area (Å²) in [6.07, 6.45) is 1.99. The van der Waals surface area contributed by atoms with Gasteiger partial charge in [-0.3, -0.25) is 10.5 Å². The second-order valence-corrected chi connectivity index (χ2v) is 5.22. The first kappa shape index (κ1) is 11.8. The average Bonchev–Trinajstić information content (AvgIpc) is 2.77. The van der Waals surface area contributed by atoms with E-state index in [-0.39, 0.29) is 6.04 Å². The third-order valence-corrected chi connectivity index (χ3v) is 4.23. The quantitative estimate of drug-likeness (QED) is 0.674. The van der Waals surface area contributed by atoms with E-state index in [1.165, 1.54) is 0 Å². The monoisotopic (exact) mass is 300 g/mol. The molecule has 6 heteroatoms. The van der Waals surface area contributed by atoms with Crippen molar-refractivity contribution in [2.75, 3.05) is 0 Å². The van der Waals surface area contributed by atoms with Gasteiger partial charge in [0.05, 0.1) is 11.7 Å². The van der Waals surface area contributed by atoms with Crippen molar-refractivity contribution in [1.29, 1.82) is 0 Å². The molecule has 2 aromatic heterocycles. The molecule has 1 atom stereocenters. The van der Waals surface area contributed by atoms with Crippen molar-refractivity contribution >= 4 is 27.3 Å². The Labute approximate surface area is 107 Å². The highest BCUT2D eigenvalue weighted by atomic mass is 79.9. The van der Waals surface area contributed by atoms with Crippen LogP contribution in [0.5, 0.6) is 0 Å². The molecule has 86 valence electrons. The smallest absolute Gasteiger partial charge is 0.0762 e. The number of halogens is 1. The van der Waals surface area contributed by atoms with E-state index in [1.807, 2.05) is 25.5 Å². The molecule has 0 radical (unpaired) electrons. The van der Waals surface area contributed by atoms with Crippen LogP contribution < -0.4 is 11.3 Å². The lowest BCUT2D eigenvalue weighted by Crippen LogP contribution is -2.29. The minimum atomic E-state index is -0.0191. The normalized spacial score (nSPS) is 13.0. The van der Waals surface area contributed by atoms with Gasteiger partial charge in [-0.1, -0.05) is 0 Å². The fraction of sp³-hybridized carbons (Fsp3) is 0.300. The number of hydrazine groups is 1. The van der Waals surface area contributed by atoms with Crippen molar-refractivity contribution < 1.29 is 0 Å². The molecule has 1 unspecified atom stereocenters. The van der Waals surface area contributed by atoms with Crippen molar-refractivity contribution in [3.8, 4) is 0 Å². The number of thiophene rings is 1. The zero-order chi connectivity index (χ0) is 11.7. The van der Waals surface area contributed by atoms with Gasteiger partial charge in [0, 0.05) is 28.7 Å². The molecule has 0 fully saturated rings. The first-order valence-electron chi connectivity index (χ1n) is 4.81. The number of nitrogens with two attached hydrogens (primary N) is 1. The number of aryl methyl sites for hydroxylation is 2. The van der Waals surface area contributed by atoms with Gasteiger partial charge in [-0.25, -0.2) is 5.43 Å². The zero-order valence-electron chi connectivity index (χ0n) is 9.07. The summed E-state index contributed by atoms with van der Waals surface area (Å²) >= 11 is 5.17. The summed E-state index contributed by atoms with van der Waals surface area (Å²) < 4.78 is 2.87. The van der Waals surface area contributed by atoms with Crippen molar-refractivity contribution in [1.82, 2.24) is 15.2 Å². The van der Waals surface area contributed by atoms with Crippen LogP contribution in [-0.4, -0.2) is 9.78 Å². The molecule has 0 aliphatic carbocycles. The van der Waals surface area contributed by atoms with Crippen molar-refractivity contribution in [3.05, 3.63) is 38.3 Å². The molecule has 0 aliphatic heterocycles. The molecule has 3 N–H and O–H groups in total. The van der Waals surface area contributed by atoms with Crippen LogP contribution in [-0.2, 0) is 7.05 Å². The molecule has 0 saturated heterocycles. The predicted octanol–water partition coefficient (Wildman–Crippen LogP) is 2.11. The molecule has 2 heterocycles. The van der Waals surface area contributed by atoms with Crippen LogP contribution >= 0.6 is 27.3 Å². The van der Waals surface area contributed by atoms with Crippen molar-refractivity contribution in [2.45, 2.75) is 13.0 Å². The lowest BCUT2D eigenvalue weighted by atomic mass is 10.0. The average molecular weight is 301 g/mol. The van der Waals surface area contributed by atoms with Gasteiger partial charge in [-0.2, -0.15) is 16.4 Å². The summed E-state index contributed by atoms with van der Waals surface area (Å²) in [5.41, 5.74) is 6.07. The van der Waals surface area contributed by atoms with Crippen LogP contribution in [0.3, 0.4) is 0 Å². The molecule has 0 aliphatic rings. The summed E-state index contributed by atoms with van der Waals surface area (Å²) in [4.78, 5) is 0. The number of nitrogens with zero attached hydrogens (tertiary/aromatic N) is 2. The number of hydrogen-bond donors (Lipinski definition) is 2. The predicted molar refractivity (Wildman–Crippen MR) is 69.1 cm³/mol. The maximum Gasteiger partial charge on any atom is 0.0762 e. The number of nitrogens with one attached hydrogen (secondary N) is 1. The molecule has 0 amide bonds. The minimum absolute atomic E-state index is 0.0191. The molecular formula is C10H13BrN4S. The van der Waals surface area contributed by atoms with Crippen LogP contribution in [0.15, 0.2) is 21.4 Å². The Balaban J connectivity index is 2.44. The van der Waals surface area contributed by atoms with Crippen LogP contribution in [0.2, 0.25) is 0 Å².